The number of amides is 2. The van der Waals surface area contributed by atoms with Crippen LogP contribution in [-0.2, 0) is 5.60 Å². The van der Waals surface area contributed by atoms with Crippen LogP contribution in [0.15, 0.2) is 48.5 Å². The lowest BCUT2D eigenvalue weighted by molar-refractivity contribution is 0.0507. The number of hydrogen-bond donors (Lipinski definition) is 2. The summed E-state index contributed by atoms with van der Waals surface area (Å²) >= 11 is 6.52. The highest BCUT2D eigenvalue weighted by molar-refractivity contribution is 6.35. The molecule has 1 aliphatic heterocycles. The summed E-state index contributed by atoms with van der Waals surface area (Å²) in [5.74, 6) is -0.161. The zero-order valence-corrected chi connectivity index (χ0v) is 19.5. The number of carbonyl (C=O) groups excluding carboxylic acids is 1. The van der Waals surface area contributed by atoms with E-state index in [0.717, 1.165) is 16.5 Å². The minimum absolute atomic E-state index is 0.161. The van der Waals surface area contributed by atoms with E-state index >= 15 is 0 Å². The number of aromatic nitrogens is 1. The molecule has 1 fully saturated rings. The summed E-state index contributed by atoms with van der Waals surface area (Å²) in [6.45, 7) is 6.22. The summed E-state index contributed by atoms with van der Waals surface area (Å²) < 4.78 is 0. The van der Waals surface area contributed by atoms with Gasteiger partial charge in [0.15, 0.2) is 0 Å². The Balaban J connectivity index is 1.63. The lowest BCUT2D eigenvalue weighted by atomic mass is 9.96. The van der Waals surface area contributed by atoms with Gasteiger partial charge in [-0.2, -0.15) is 0 Å². The highest BCUT2D eigenvalue weighted by Crippen LogP contribution is 2.30. The van der Waals surface area contributed by atoms with Crippen LogP contribution in [0.2, 0.25) is 5.02 Å². The molecule has 2 heterocycles. The summed E-state index contributed by atoms with van der Waals surface area (Å²) in [5.41, 5.74) is 2.47. The molecule has 8 heteroatoms. The molecule has 2 amide bonds. The van der Waals surface area contributed by atoms with E-state index in [-0.39, 0.29) is 18.5 Å². The zero-order valence-electron chi connectivity index (χ0n) is 18.7. The zero-order chi connectivity index (χ0) is 23.9. The van der Waals surface area contributed by atoms with E-state index in [1.54, 1.807) is 49.9 Å². The Kier molecular flexibility index (Phi) is 6.03. The first-order valence-electron chi connectivity index (χ1n) is 10.8. The van der Waals surface area contributed by atoms with Crippen molar-refractivity contribution in [3.8, 4) is 11.3 Å². The van der Waals surface area contributed by atoms with Gasteiger partial charge in [0.05, 0.1) is 21.8 Å². The topological polar surface area (TPSA) is 94.0 Å². The Morgan fingerprint density at radius 1 is 1.09 bits per heavy atom. The minimum atomic E-state index is -0.970. The SMILES string of the molecule is C[C@@H]1CN(C(=O)c2ccc3c(Cl)cc(-c4ccc(C(C)(C)O)cc4)nc3c2)CCN1C(=O)O. The predicted molar refractivity (Wildman–Crippen MR) is 128 cm³/mol. The van der Waals surface area contributed by atoms with Crippen LogP contribution in [-0.4, -0.2) is 62.7 Å². The van der Waals surface area contributed by atoms with Crippen LogP contribution in [0.1, 0.15) is 36.7 Å². The Bertz CT molecular complexity index is 1220. The molecule has 7 nitrogen and oxygen atoms in total. The van der Waals surface area contributed by atoms with Gasteiger partial charge in [0.2, 0.25) is 0 Å². The van der Waals surface area contributed by atoms with E-state index < -0.39 is 11.7 Å². The highest BCUT2D eigenvalue weighted by Gasteiger charge is 2.30. The van der Waals surface area contributed by atoms with E-state index in [2.05, 4.69) is 0 Å². The number of halogens is 1. The first-order chi connectivity index (χ1) is 15.5. The summed E-state index contributed by atoms with van der Waals surface area (Å²) in [4.78, 5) is 32.2. The maximum Gasteiger partial charge on any atom is 0.407 e. The smallest absolute Gasteiger partial charge is 0.407 e. The Labute approximate surface area is 197 Å². The first kappa shape index (κ1) is 23.0. The Morgan fingerprint density at radius 2 is 1.79 bits per heavy atom. The van der Waals surface area contributed by atoms with Crippen LogP contribution in [0.5, 0.6) is 0 Å². The van der Waals surface area contributed by atoms with Gasteiger partial charge in [-0.3, -0.25) is 4.79 Å². The van der Waals surface area contributed by atoms with E-state index in [1.165, 1.54) is 4.90 Å². The number of carboxylic acid groups (broad SMARTS) is 1. The molecule has 33 heavy (non-hydrogen) atoms. The van der Waals surface area contributed by atoms with Gasteiger partial charge in [-0.15, -0.1) is 0 Å². The van der Waals surface area contributed by atoms with Crippen LogP contribution < -0.4 is 0 Å². The third kappa shape index (κ3) is 4.65. The van der Waals surface area contributed by atoms with Crippen molar-refractivity contribution in [1.82, 2.24) is 14.8 Å². The van der Waals surface area contributed by atoms with Crippen molar-refractivity contribution in [2.75, 3.05) is 19.6 Å². The van der Waals surface area contributed by atoms with Crippen LogP contribution >= 0.6 is 11.6 Å². The first-order valence-corrected chi connectivity index (χ1v) is 11.1. The van der Waals surface area contributed by atoms with Crippen molar-refractivity contribution in [1.29, 1.82) is 0 Å². The van der Waals surface area contributed by atoms with Crippen LogP contribution in [0.25, 0.3) is 22.2 Å². The molecule has 1 aromatic heterocycles. The number of rotatable bonds is 3. The quantitative estimate of drug-likeness (QED) is 0.586. The number of nitrogens with zero attached hydrogens (tertiary/aromatic N) is 3. The summed E-state index contributed by atoms with van der Waals surface area (Å²) in [5, 5.41) is 20.7. The normalized spacial score (nSPS) is 16.8. The standard InChI is InChI=1S/C25H26ClN3O4/c1-15-14-28(10-11-29(15)24(31)32)23(30)17-6-9-19-20(26)13-21(27-22(19)12-17)16-4-7-18(8-5-16)25(2,3)33/h4-9,12-13,15,33H,10-11,14H2,1-3H3,(H,31,32)/t15-/m1/s1. The van der Waals surface area contributed by atoms with Gasteiger partial charge in [0, 0.05) is 42.2 Å². The summed E-state index contributed by atoms with van der Waals surface area (Å²) in [6.07, 6.45) is -0.970. The number of piperazine rings is 1. The van der Waals surface area contributed by atoms with Gasteiger partial charge in [0.1, 0.15) is 0 Å². The molecule has 0 spiro atoms. The second-order valence-electron chi connectivity index (χ2n) is 8.93. The molecule has 1 atom stereocenters. The molecule has 1 aliphatic rings. The molecule has 172 valence electrons. The molecule has 0 aliphatic carbocycles. The molecule has 0 unspecified atom stereocenters. The highest BCUT2D eigenvalue weighted by atomic mass is 35.5. The fourth-order valence-electron chi connectivity index (χ4n) is 4.12. The third-order valence-electron chi connectivity index (χ3n) is 6.05. The maximum absolute atomic E-state index is 13.1. The number of fused-ring (bicyclic) bond motifs is 1. The van der Waals surface area contributed by atoms with Gasteiger partial charge < -0.3 is 20.0 Å². The van der Waals surface area contributed by atoms with Crippen LogP contribution in [0, 0.1) is 0 Å². The Hall–Kier alpha value is -3.16. The van der Waals surface area contributed by atoms with Gasteiger partial charge >= 0.3 is 6.09 Å². The molecule has 0 radical (unpaired) electrons. The number of carbonyl (C=O) groups is 2. The van der Waals surface area contributed by atoms with E-state index in [4.69, 9.17) is 16.6 Å². The number of pyridine rings is 1. The molecule has 4 rings (SSSR count). The molecular weight excluding hydrogens is 442 g/mol. The average Bonchev–Trinajstić information content (AvgIpc) is 2.77. The van der Waals surface area contributed by atoms with E-state index in [9.17, 15) is 19.8 Å². The molecule has 2 aromatic carbocycles. The molecule has 1 saturated heterocycles. The van der Waals surface area contributed by atoms with E-state index in [1.807, 2.05) is 24.3 Å². The maximum atomic E-state index is 13.1. The van der Waals surface area contributed by atoms with Gasteiger partial charge in [-0.1, -0.05) is 41.9 Å². The van der Waals surface area contributed by atoms with Crippen LogP contribution in [0.3, 0.4) is 0 Å². The van der Waals surface area contributed by atoms with Crippen LogP contribution in [0.4, 0.5) is 4.79 Å². The number of hydrogen-bond acceptors (Lipinski definition) is 4. The fourth-order valence-corrected chi connectivity index (χ4v) is 4.39. The number of benzene rings is 2. The van der Waals surface area contributed by atoms with Gasteiger partial charge in [-0.05, 0) is 44.5 Å². The lowest BCUT2D eigenvalue weighted by Gasteiger charge is -2.38. The predicted octanol–water partition coefficient (Wildman–Crippen LogP) is 4.61. The molecular formula is C25H26ClN3O4. The van der Waals surface area contributed by atoms with E-state index in [0.29, 0.717) is 34.9 Å². The Morgan fingerprint density at radius 3 is 2.39 bits per heavy atom. The van der Waals surface area contributed by atoms with Crippen molar-refractivity contribution in [2.45, 2.75) is 32.4 Å². The molecule has 0 saturated carbocycles. The largest absolute Gasteiger partial charge is 0.465 e. The average molecular weight is 468 g/mol. The fraction of sp³-hybridized carbons (Fsp3) is 0.320. The van der Waals surface area contributed by atoms with Crippen molar-refractivity contribution < 1.29 is 19.8 Å². The lowest BCUT2D eigenvalue weighted by Crippen LogP contribution is -2.55. The summed E-state index contributed by atoms with van der Waals surface area (Å²) in [6, 6.07) is 14.2. The monoisotopic (exact) mass is 467 g/mol. The van der Waals surface area contributed by atoms with Crippen molar-refractivity contribution in [2.24, 2.45) is 0 Å². The minimum Gasteiger partial charge on any atom is -0.465 e. The third-order valence-corrected chi connectivity index (χ3v) is 6.37. The molecule has 3 aromatic rings. The second kappa shape index (κ2) is 8.65. The van der Waals surface area contributed by atoms with Crippen molar-refractivity contribution >= 4 is 34.5 Å². The number of aliphatic hydroxyl groups is 1. The van der Waals surface area contributed by atoms with Gasteiger partial charge in [-0.25, -0.2) is 9.78 Å². The molecule has 2 N–H and O–H groups in total. The summed E-state index contributed by atoms with van der Waals surface area (Å²) in [7, 11) is 0. The second-order valence-corrected chi connectivity index (χ2v) is 9.34. The molecule has 0 bridgehead atoms. The van der Waals surface area contributed by atoms with Crippen molar-refractivity contribution in [3.05, 3.63) is 64.7 Å². The van der Waals surface area contributed by atoms with Crippen molar-refractivity contribution in [3.63, 3.8) is 0 Å². The van der Waals surface area contributed by atoms with Gasteiger partial charge in [0.25, 0.3) is 5.91 Å².